The Morgan fingerprint density at radius 1 is 1.25 bits per heavy atom. The van der Waals surface area contributed by atoms with Crippen LogP contribution in [0.15, 0.2) is 29.2 Å². The van der Waals surface area contributed by atoms with Gasteiger partial charge in [0.05, 0.1) is 11.5 Å². The molecule has 5 heteroatoms. The van der Waals surface area contributed by atoms with Gasteiger partial charge in [0.1, 0.15) is 10.1 Å². The third kappa shape index (κ3) is 4.01. The van der Waals surface area contributed by atoms with E-state index in [9.17, 15) is 4.79 Å². The number of carbonyl (C=O) groups is 1. The van der Waals surface area contributed by atoms with Crippen molar-refractivity contribution in [3.63, 3.8) is 0 Å². The van der Waals surface area contributed by atoms with Crippen molar-refractivity contribution < 1.29 is 9.53 Å². The Balaban J connectivity index is 1.71. The van der Waals surface area contributed by atoms with E-state index in [2.05, 4.69) is 6.92 Å². The van der Waals surface area contributed by atoms with Crippen molar-refractivity contribution in [3.05, 3.63) is 34.7 Å². The van der Waals surface area contributed by atoms with Gasteiger partial charge in [-0.05, 0) is 43.0 Å². The van der Waals surface area contributed by atoms with Gasteiger partial charge in [-0.15, -0.1) is 0 Å². The minimum Gasteiger partial charge on any atom is -0.494 e. The zero-order valence-corrected chi connectivity index (χ0v) is 15.6. The number of thioether (sulfide) groups is 1. The highest BCUT2D eigenvalue weighted by atomic mass is 32.2. The second-order valence-corrected chi connectivity index (χ2v) is 7.94. The summed E-state index contributed by atoms with van der Waals surface area (Å²) in [6.45, 7) is 2.81. The first kappa shape index (κ1) is 17.5. The predicted molar refractivity (Wildman–Crippen MR) is 104 cm³/mol. The van der Waals surface area contributed by atoms with Crippen LogP contribution in [0.25, 0.3) is 6.08 Å². The van der Waals surface area contributed by atoms with Gasteiger partial charge < -0.3 is 4.74 Å². The maximum absolute atomic E-state index is 12.8. The average Bonchev–Trinajstić information content (AvgIpc) is 2.88. The van der Waals surface area contributed by atoms with Gasteiger partial charge in [0.2, 0.25) is 0 Å². The van der Waals surface area contributed by atoms with Gasteiger partial charge >= 0.3 is 0 Å². The lowest BCUT2D eigenvalue weighted by Gasteiger charge is -2.29. The van der Waals surface area contributed by atoms with E-state index in [-0.39, 0.29) is 5.91 Å². The summed E-state index contributed by atoms with van der Waals surface area (Å²) in [7, 11) is 0. The lowest BCUT2D eigenvalue weighted by Crippen LogP contribution is -2.39. The Kier molecular flexibility index (Phi) is 5.95. The minimum absolute atomic E-state index is 0.0724. The van der Waals surface area contributed by atoms with E-state index in [0.717, 1.165) is 42.1 Å². The molecule has 1 aliphatic carbocycles. The van der Waals surface area contributed by atoms with Gasteiger partial charge in [0.25, 0.3) is 5.91 Å². The van der Waals surface area contributed by atoms with E-state index in [4.69, 9.17) is 17.0 Å². The number of thiocarbonyl (C=S) groups is 1. The molecule has 0 aromatic heterocycles. The van der Waals surface area contributed by atoms with Gasteiger partial charge in [-0.3, -0.25) is 9.69 Å². The number of rotatable bonds is 5. The van der Waals surface area contributed by atoms with Crippen LogP contribution in [0.1, 0.15) is 51.0 Å². The molecule has 1 aromatic rings. The second kappa shape index (κ2) is 8.17. The SMILES string of the molecule is CCCOc1ccc(/C=C2\SC(=S)N(C3CCCCC3)C2=O)cc1. The van der Waals surface area contributed by atoms with Crippen LogP contribution in [0.5, 0.6) is 5.75 Å². The zero-order chi connectivity index (χ0) is 16.9. The number of carbonyl (C=O) groups excluding carboxylic acids is 1. The van der Waals surface area contributed by atoms with E-state index in [1.165, 1.54) is 31.0 Å². The molecule has 0 unspecified atom stereocenters. The molecule has 0 N–H and O–H groups in total. The molecule has 24 heavy (non-hydrogen) atoms. The first-order chi connectivity index (χ1) is 11.7. The van der Waals surface area contributed by atoms with Gasteiger partial charge in [-0.1, -0.05) is 62.3 Å². The highest BCUT2D eigenvalue weighted by molar-refractivity contribution is 8.26. The van der Waals surface area contributed by atoms with E-state index < -0.39 is 0 Å². The van der Waals surface area contributed by atoms with Crippen molar-refractivity contribution in [2.45, 2.75) is 51.5 Å². The lowest BCUT2D eigenvalue weighted by atomic mass is 9.94. The average molecular weight is 362 g/mol. The van der Waals surface area contributed by atoms with Crippen LogP contribution in [0.2, 0.25) is 0 Å². The van der Waals surface area contributed by atoms with Crippen LogP contribution in [-0.4, -0.2) is 27.8 Å². The number of benzene rings is 1. The van der Waals surface area contributed by atoms with Crippen LogP contribution in [0.3, 0.4) is 0 Å². The number of ether oxygens (including phenoxy) is 1. The summed E-state index contributed by atoms with van der Waals surface area (Å²) in [4.78, 5) is 15.3. The fraction of sp³-hybridized carbons (Fsp3) is 0.474. The third-order valence-corrected chi connectivity index (χ3v) is 5.74. The summed E-state index contributed by atoms with van der Waals surface area (Å²) in [5.74, 6) is 0.937. The summed E-state index contributed by atoms with van der Waals surface area (Å²) < 4.78 is 6.30. The van der Waals surface area contributed by atoms with Gasteiger partial charge in [-0.2, -0.15) is 0 Å². The van der Waals surface area contributed by atoms with Crippen molar-refractivity contribution in [1.82, 2.24) is 4.90 Å². The Morgan fingerprint density at radius 3 is 2.62 bits per heavy atom. The molecular formula is C19H23NO2S2. The Hall–Kier alpha value is -1.33. The Bertz CT molecular complexity index is 633. The molecule has 0 spiro atoms. The van der Waals surface area contributed by atoms with Crippen LogP contribution in [-0.2, 0) is 4.79 Å². The summed E-state index contributed by atoms with van der Waals surface area (Å²) in [6.07, 6.45) is 8.73. The van der Waals surface area contributed by atoms with Crippen LogP contribution in [0.4, 0.5) is 0 Å². The van der Waals surface area contributed by atoms with Crippen molar-refractivity contribution in [1.29, 1.82) is 0 Å². The van der Waals surface area contributed by atoms with Crippen molar-refractivity contribution in [2.24, 2.45) is 0 Å². The molecule has 1 amide bonds. The van der Waals surface area contributed by atoms with Crippen molar-refractivity contribution in [2.75, 3.05) is 6.61 Å². The molecule has 2 fully saturated rings. The van der Waals surface area contributed by atoms with Crippen molar-refractivity contribution >= 4 is 40.3 Å². The van der Waals surface area contributed by atoms with Crippen LogP contribution < -0.4 is 4.74 Å². The van der Waals surface area contributed by atoms with E-state index in [1.54, 1.807) is 0 Å². The number of hydrogen-bond donors (Lipinski definition) is 0. The van der Waals surface area contributed by atoms with E-state index >= 15 is 0 Å². The van der Waals surface area contributed by atoms with Gasteiger partial charge in [-0.25, -0.2) is 0 Å². The summed E-state index contributed by atoms with van der Waals surface area (Å²) in [6, 6.07) is 8.16. The Morgan fingerprint density at radius 2 is 1.96 bits per heavy atom. The molecule has 1 heterocycles. The molecule has 0 atom stereocenters. The highest BCUT2D eigenvalue weighted by Crippen LogP contribution is 2.37. The monoisotopic (exact) mass is 361 g/mol. The van der Waals surface area contributed by atoms with Crippen molar-refractivity contribution in [3.8, 4) is 5.75 Å². The maximum atomic E-state index is 12.8. The highest BCUT2D eigenvalue weighted by Gasteiger charge is 2.37. The molecule has 0 bridgehead atoms. The number of amides is 1. The number of nitrogens with zero attached hydrogens (tertiary/aromatic N) is 1. The molecule has 3 rings (SSSR count). The van der Waals surface area contributed by atoms with Crippen LogP contribution in [0, 0.1) is 0 Å². The molecule has 1 aromatic carbocycles. The second-order valence-electron chi connectivity index (χ2n) is 6.26. The molecule has 3 nitrogen and oxygen atoms in total. The standard InChI is InChI=1S/C19H23NO2S2/c1-2-12-22-16-10-8-14(9-11-16)13-17-18(21)20(19(23)24-17)15-6-4-3-5-7-15/h8-11,13,15H,2-7,12H2,1H3/b17-13-. The maximum Gasteiger partial charge on any atom is 0.266 e. The quantitative estimate of drug-likeness (QED) is 0.545. The predicted octanol–water partition coefficient (Wildman–Crippen LogP) is 5.01. The molecule has 1 saturated heterocycles. The molecule has 1 aliphatic heterocycles. The molecule has 1 saturated carbocycles. The number of hydrogen-bond acceptors (Lipinski definition) is 4. The molecule has 128 valence electrons. The molecular weight excluding hydrogens is 338 g/mol. The fourth-order valence-electron chi connectivity index (χ4n) is 3.17. The van der Waals surface area contributed by atoms with E-state index in [0.29, 0.717) is 10.4 Å². The summed E-state index contributed by atoms with van der Waals surface area (Å²) in [5.41, 5.74) is 1.00. The van der Waals surface area contributed by atoms with Crippen LogP contribution >= 0.6 is 24.0 Å². The lowest BCUT2D eigenvalue weighted by molar-refractivity contribution is -0.124. The van der Waals surface area contributed by atoms with E-state index in [1.807, 2.05) is 35.2 Å². The third-order valence-electron chi connectivity index (χ3n) is 4.41. The first-order valence-electron chi connectivity index (χ1n) is 8.69. The normalized spacial score (nSPS) is 20.9. The summed E-state index contributed by atoms with van der Waals surface area (Å²) in [5, 5.41) is 0. The minimum atomic E-state index is 0.0724. The summed E-state index contributed by atoms with van der Waals surface area (Å²) >= 11 is 6.89. The first-order valence-corrected chi connectivity index (χ1v) is 9.91. The zero-order valence-electron chi connectivity index (χ0n) is 14.0. The smallest absolute Gasteiger partial charge is 0.266 e. The Labute approximate surface area is 153 Å². The molecule has 2 aliphatic rings. The fourth-order valence-corrected chi connectivity index (χ4v) is 4.57. The topological polar surface area (TPSA) is 29.5 Å². The van der Waals surface area contributed by atoms with Gasteiger partial charge in [0, 0.05) is 6.04 Å². The largest absolute Gasteiger partial charge is 0.494 e. The van der Waals surface area contributed by atoms with Gasteiger partial charge in [0.15, 0.2) is 0 Å². The molecule has 0 radical (unpaired) electrons.